The molecule has 6 heteroatoms. The second-order valence-corrected chi connectivity index (χ2v) is 27.4. The largest absolute Gasteiger partial charge is 0.466 e. The molecule has 0 heterocycles. The van der Waals surface area contributed by atoms with Gasteiger partial charge in [-0.1, -0.05) is 410 Å². The highest BCUT2D eigenvalue weighted by atomic mass is 16.5. The Morgan fingerprint density at radius 2 is 0.598 bits per heavy atom. The average Bonchev–Trinajstić information content (AvgIpc) is 3.54. The average molecular weight is 1220 g/mol. The van der Waals surface area contributed by atoms with Crippen molar-refractivity contribution in [2.75, 3.05) is 13.2 Å². The van der Waals surface area contributed by atoms with Gasteiger partial charge in [0.15, 0.2) is 0 Å². The quantitative estimate of drug-likeness (QED) is 0.0320. The van der Waals surface area contributed by atoms with Gasteiger partial charge < -0.3 is 20.3 Å². The van der Waals surface area contributed by atoms with Crippen molar-refractivity contribution < 1.29 is 24.5 Å². The summed E-state index contributed by atoms with van der Waals surface area (Å²) in [6.07, 6.45) is 99.9. The minimum Gasteiger partial charge on any atom is -0.466 e. The van der Waals surface area contributed by atoms with E-state index >= 15 is 0 Å². The molecule has 1 amide bonds. The predicted octanol–water partition coefficient (Wildman–Crippen LogP) is 26.2. The van der Waals surface area contributed by atoms with Gasteiger partial charge in [0, 0.05) is 12.8 Å². The summed E-state index contributed by atoms with van der Waals surface area (Å²) in [6, 6.07) is -0.626. The molecule has 87 heavy (non-hydrogen) atoms. The number of carbonyl (C=O) groups excluding carboxylic acids is 2. The number of allylic oxidation sites excluding steroid dienone is 5. The van der Waals surface area contributed by atoms with Crippen LogP contribution in [-0.4, -0.2) is 47.4 Å². The van der Waals surface area contributed by atoms with Crippen LogP contribution in [0.3, 0.4) is 0 Å². The summed E-state index contributed by atoms with van der Waals surface area (Å²) in [6.45, 7) is 4.88. The van der Waals surface area contributed by atoms with E-state index in [1.54, 1.807) is 6.08 Å². The third kappa shape index (κ3) is 73.0. The van der Waals surface area contributed by atoms with Crippen molar-refractivity contribution in [1.29, 1.82) is 0 Å². The van der Waals surface area contributed by atoms with Gasteiger partial charge >= 0.3 is 5.97 Å². The van der Waals surface area contributed by atoms with Crippen LogP contribution in [0.15, 0.2) is 36.5 Å². The van der Waals surface area contributed by atoms with Crippen LogP contribution in [0.2, 0.25) is 0 Å². The Kier molecular flexibility index (Phi) is 74.8. The Bertz CT molecular complexity index is 1410. The highest BCUT2D eigenvalue weighted by Gasteiger charge is 2.18. The van der Waals surface area contributed by atoms with Crippen LogP contribution in [0.1, 0.15) is 444 Å². The molecule has 2 unspecified atom stereocenters. The van der Waals surface area contributed by atoms with Crippen molar-refractivity contribution in [2.45, 2.75) is 456 Å². The topological polar surface area (TPSA) is 95.9 Å². The van der Waals surface area contributed by atoms with Crippen LogP contribution < -0.4 is 5.32 Å². The number of hydrogen-bond acceptors (Lipinski definition) is 5. The van der Waals surface area contributed by atoms with Crippen LogP contribution in [0.4, 0.5) is 0 Å². The maximum atomic E-state index is 12.6. The van der Waals surface area contributed by atoms with Gasteiger partial charge in [-0.3, -0.25) is 9.59 Å². The Hall–Kier alpha value is -1.92. The summed E-state index contributed by atoms with van der Waals surface area (Å²) in [7, 11) is 0. The van der Waals surface area contributed by atoms with Crippen molar-refractivity contribution in [3.63, 3.8) is 0 Å². The van der Waals surface area contributed by atoms with E-state index in [9.17, 15) is 19.8 Å². The molecular weight excluding hydrogens is 1070 g/mol. The fraction of sp³-hybridized carbons (Fsp3) is 0.901. The van der Waals surface area contributed by atoms with Crippen LogP contribution in [0.5, 0.6) is 0 Å². The summed E-state index contributed by atoms with van der Waals surface area (Å²) in [5.41, 5.74) is 0. The summed E-state index contributed by atoms with van der Waals surface area (Å²) in [5.74, 6) is -0.0522. The summed E-state index contributed by atoms with van der Waals surface area (Å²) in [5, 5.41) is 23.3. The van der Waals surface area contributed by atoms with Crippen molar-refractivity contribution in [2.24, 2.45) is 0 Å². The monoisotopic (exact) mass is 1220 g/mol. The van der Waals surface area contributed by atoms with E-state index in [0.717, 1.165) is 51.4 Å². The highest BCUT2D eigenvalue weighted by Crippen LogP contribution is 2.20. The van der Waals surface area contributed by atoms with E-state index in [0.29, 0.717) is 19.4 Å². The van der Waals surface area contributed by atoms with Gasteiger partial charge in [-0.2, -0.15) is 0 Å². The number of ether oxygens (including phenoxy) is 1. The minimum absolute atomic E-state index is 0.00615. The molecule has 0 radical (unpaired) electrons. The predicted molar refractivity (Wildman–Crippen MR) is 384 cm³/mol. The second kappa shape index (κ2) is 76.5. The van der Waals surface area contributed by atoms with Crippen molar-refractivity contribution in [1.82, 2.24) is 5.32 Å². The molecule has 6 nitrogen and oxygen atoms in total. The molecule has 0 rings (SSSR count). The first-order chi connectivity index (χ1) is 43.0. The second-order valence-electron chi connectivity index (χ2n) is 27.4. The zero-order valence-corrected chi connectivity index (χ0v) is 59.0. The maximum Gasteiger partial charge on any atom is 0.305 e. The SMILES string of the molecule is CCC/C=C\C/C=C\CCCCCCCC(=O)OCCCCCCCCCCCCCCCCCCCCCCCCCCCCCCCCCCC(=O)NC(CO)C(O)/C=C/CCCCCCCCCCCCCCCCCCCCCCCCC. The van der Waals surface area contributed by atoms with Gasteiger partial charge in [0.2, 0.25) is 5.91 Å². The van der Waals surface area contributed by atoms with E-state index in [4.69, 9.17) is 4.74 Å². The van der Waals surface area contributed by atoms with Gasteiger partial charge in [0.1, 0.15) is 0 Å². The lowest BCUT2D eigenvalue weighted by atomic mass is 10.0. The van der Waals surface area contributed by atoms with Crippen molar-refractivity contribution >= 4 is 11.9 Å². The molecule has 0 aliphatic carbocycles. The minimum atomic E-state index is -0.843. The van der Waals surface area contributed by atoms with E-state index < -0.39 is 12.1 Å². The van der Waals surface area contributed by atoms with Gasteiger partial charge in [-0.05, 0) is 57.8 Å². The first-order valence-electron chi connectivity index (χ1n) is 39.8. The first-order valence-corrected chi connectivity index (χ1v) is 39.8. The van der Waals surface area contributed by atoms with Crippen LogP contribution in [0, 0.1) is 0 Å². The maximum absolute atomic E-state index is 12.6. The lowest BCUT2D eigenvalue weighted by molar-refractivity contribution is -0.143. The molecule has 0 aliphatic rings. The van der Waals surface area contributed by atoms with Crippen LogP contribution >= 0.6 is 0 Å². The molecule has 514 valence electrons. The number of aliphatic hydroxyl groups is 2. The molecule has 0 saturated heterocycles. The smallest absolute Gasteiger partial charge is 0.305 e. The normalized spacial score (nSPS) is 12.6. The number of amides is 1. The van der Waals surface area contributed by atoms with Crippen LogP contribution in [0.25, 0.3) is 0 Å². The number of nitrogens with one attached hydrogen (secondary N) is 1. The van der Waals surface area contributed by atoms with E-state index in [1.165, 1.54) is 366 Å². The number of rotatable bonds is 75. The van der Waals surface area contributed by atoms with E-state index in [1.807, 2.05) is 6.08 Å². The van der Waals surface area contributed by atoms with Crippen molar-refractivity contribution in [3.05, 3.63) is 36.5 Å². The molecule has 2 atom stereocenters. The van der Waals surface area contributed by atoms with Gasteiger partial charge in [0.25, 0.3) is 0 Å². The molecule has 0 spiro atoms. The molecular formula is C81H155NO5. The highest BCUT2D eigenvalue weighted by molar-refractivity contribution is 5.76. The molecule has 0 aliphatic heterocycles. The Morgan fingerprint density at radius 1 is 0.322 bits per heavy atom. The molecule has 0 aromatic rings. The third-order valence-corrected chi connectivity index (χ3v) is 18.6. The zero-order chi connectivity index (χ0) is 62.8. The number of aliphatic hydroxyl groups excluding tert-OH is 2. The first kappa shape index (κ1) is 85.1. The molecule has 0 aromatic heterocycles. The number of hydrogen-bond donors (Lipinski definition) is 3. The lowest BCUT2D eigenvalue weighted by Crippen LogP contribution is -2.45. The summed E-state index contributed by atoms with van der Waals surface area (Å²) >= 11 is 0. The Balaban J connectivity index is 3.36. The van der Waals surface area contributed by atoms with E-state index in [-0.39, 0.29) is 18.5 Å². The number of unbranched alkanes of at least 4 members (excludes halogenated alkanes) is 60. The summed E-state index contributed by atoms with van der Waals surface area (Å²) in [4.78, 5) is 24.6. The molecule has 3 N–H and O–H groups in total. The fourth-order valence-corrected chi connectivity index (χ4v) is 12.6. The summed E-state index contributed by atoms with van der Waals surface area (Å²) < 4.78 is 5.48. The molecule has 0 bridgehead atoms. The lowest BCUT2D eigenvalue weighted by Gasteiger charge is -2.20. The number of esters is 1. The van der Waals surface area contributed by atoms with Gasteiger partial charge in [0.05, 0.1) is 25.4 Å². The van der Waals surface area contributed by atoms with Crippen LogP contribution in [-0.2, 0) is 14.3 Å². The number of carbonyl (C=O) groups is 2. The van der Waals surface area contributed by atoms with Gasteiger partial charge in [-0.25, -0.2) is 0 Å². The Morgan fingerprint density at radius 3 is 0.920 bits per heavy atom. The molecule has 0 aromatic carbocycles. The third-order valence-electron chi connectivity index (χ3n) is 18.6. The van der Waals surface area contributed by atoms with Gasteiger partial charge in [-0.15, -0.1) is 0 Å². The molecule has 0 saturated carbocycles. The van der Waals surface area contributed by atoms with E-state index in [2.05, 4.69) is 43.5 Å². The standard InChI is InChI=1S/C81H155NO5/c1-3-5-7-9-11-13-15-17-18-19-20-21-22-31-34-37-40-43-46-50-53-57-61-65-69-73-79(84)78(77-83)82-80(85)74-70-66-62-58-54-51-47-44-41-38-35-32-29-27-25-23-24-26-28-30-33-36-39-42-45-48-52-56-60-64-68-72-76-87-81(86)75-71-67-63-59-55-49-16-14-12-10-8-6-4-2/h8,10,14,16,69,73,78-79,83-84H,3-7,9,11-13,15,17-68,70-72,74-77H2,1-2H3,(H,82,85)/b10-8-,16-14-,73-69+. The zero-order valence-electron chi connectivity index (χ0n) is 59.0. The van der Waals surface area contributed by atoms with Crippen molar-refractivity contribution in [3.8, 4) is 0 Å². The fourth-order valence-electron chi connectivity index (χ4n) is 12.6. The Labute approximate surface area is 544 Å². The molecule has 0 fully saturated rings.